The molecule has 0 spiro atoms. The van der Waals surface area contributed by atoms with Crippen LogP contribution in [0.25, 0.3) is 11.3 Å². The van der Waals surface area contributed by atoms with Crippen LogP contribution in [0, 0.1) is 0 Å². The number of amides is 1. The maximum Gasteiger partial charge on any atom is 0.273 e. The van der Waals surface area contributed by atoms with E-state index in [1.807, 2.05) is 0 Å². The molecule has 7 heteroatoms. The van der Waals surface area contributed by atoms with Gasteiger partial charge in [0.1, 0.15) is 11.5 Å². The highest BCUT2D eigenvalue weighted by molar-refractivity contribution is 6.32. The lowest BCUT2D eigenvalue weighted by Crippen LogP contribution is -2.23. The lowest BCUT2D eigenvalue weighted by atomic mass is 10.1. The van der Waals surface area contributed by atoms with Gasteiger partial charge in [0.05, 0.1) is 5.02 Å². The summed E-state index contributed by atoms with van der Waals surface area (Å²) in [7, 11) is 0. The number of benzene rings is 2. The van der Waals surface area contributed by atoms with Crippen molar-refractivity contribution in [3.8, 4) is 22.8 Å². The van der Waals surface area contributed by atoms with Gasteiger partial charge in [-0.3, -0.25) is 4.79 Å². The molecule has 0 bridgehead atoms. The first kappa shape index (κ1) is 15.9. The molecule has 0 saturated heterocycles. The van der Waals surface area contributed by atoms with Crippen LogP contribution in [0.5, 0.6) is 11.5 Å². The van der Waals surface area contributed by atoms with Gasteiger partial charge in [-0.15, -0.1) is 0 Å². The van der Waals surface area contributed by atoms with Crippen molar-refractivity contribution in [2.45, 2.75) is 6.54 Å². The zero-order chi connectivity index (χ0) is 17.1. The van der Waals surface area contributed by atoms with E-state index in [4.69, 9.17) is 16.1 Å². The second-order valence-corrected chi connectivity index (χ2v) is 5.46. The fraction of sp³-hybridized carbons (Fsp3) is 0.0588. The van der Waals surface area contributed by atoms with Gasteiger partial charge in [-0.2, -0.15) is 0 Å². The summed E-state index contributed by atoms with van der Waals surface area (Å²) < 4.78 is 5.13. The first-order valence-electron chi connectivity index (χ1n) is 7.05. The first-order chi connectivity index (χ1) is 11.5. The standard InChI is InChI=1S/C17H13ClN2O4/c18-13-6-2-4-11(16(13)22)9-19-17(23)14-8-15(24-20-14)10-3-1-5-12(21)7-10/h1-8,21-22H,9H2,(H,19,23). The van der Waals surface area contributed by atoms with Crippen LogP contribution in [0.4, 0.5) is 0 Å². The normalized spacial score (nSPS) is 10.5. The number of hydrogen-bond acceptors (Lipinski definition) is 5. The minimum Gasteiger partial charge on any atom is -0.508 e. The summed E-state index contributed by atoms with van der Waals surface area (Å²) in [6, 6.07) is 12.8. The second-order valence-electron chi connectivity index (χ2n) is 5.06. The van der Waals surface area contributed by atoms with Crippen molar-refractivity contribution in [1.29, 1.82) is 0 Å². The molecule has 0 aliphatic carbocycles. The van der Waals surface area contributed by atoms with Crippen LogP contribution in [0.3, 0.4) is 0 Å². The van der Waals surface area contributed by atoms with Crippen molar-refractivity contribution < 1.29 is 19.5 Å². The third-order valence-electron chi connectivity index (χ3n) is 3.38. The molecule has 3 N–H and O–H groups in total. The Balaban J connectivity index is 1.71. The van der Waals surface area contributed by atoms with E-state index in [0.29, 0.717) is 16.9 Å². The Kier molecular flexibility index (Phi) is 4.39. The number of para-hydroxylation sites is 1. The maximum absolute atomic E-state index is 12.1. The molecule has 0 unspecified atom stereocenters. The van der Waals surface area contributed by atoms with Crippen molar-refractivity contribution >= 4 is 17.5 Å². The largest absolute Gasteiger partial charge is 0.508 e. The van der Waals surface area contributed by atoms with Crippen LogP contribution < -0.4 is 5.32 Å². The average molecular weight is 345 g/mol. The number of carbonyl (C=O) groups is 1. The van der Waals surface area contributed by atoms with E-state index in [-0.39, 0.29) is 28.8 Å². The van der Waals surface area contributed by atoms with Crippen molar-refractivity contribution in [3.05, 3.63) is 64.8 Å². The molecule has 122 valence electrons. The first-order valence-corrected chi connectivity index (χ1v) is 7.43. The lowest BCUT2D eigenvalue weighted by Gasteiger charge is -2.06. The van der Waals surface area contributed by atoms with E-state index < -0.39 is 5.91 Å². The van der Waals surface area contributed by atoms with Crippen LogP contribution in [-0.4, -0.2) is 21.3 Å². The van der Waals surface area contributed by atoms with Crippen LogP contribution in [0.15, 0.2) is 53.1 Å². The Morgan fingerprint density at radius 3 is 2.75 bits per heavy atom. The van der Waals surface area contributed by atoms with E-state index in [2.05, 4.69) is 10.5 Å². The predicted octanol–water partition coefficient (Wildman–Crippen LogP) is 3.34. The van der Waals surface area contributed by atoms with Crippen LogP contribution >= 0.6 is 11.6 Å². The minimum absolute atomic E-state index is 0.0694. The quantitative estimate of drug-likeness (QED) is 0.674. The summed E-state index contributed by atoms with van der Waals surface area (Å²) in [6.45, 7) is 0.0968. The van der Waals surface area contributed by atoms with Gasteiger partial charge in [-0.05, 0) is 18.2 Å². The molecule has 6 nitrogen and oxygen atoms in total. The monoisotopic (exact) mass is 344 g/mol. The third-order valence-corrected chi connectivity index (χ3v) is 3.69. The second kappa shape index (κ2) is 6.64. The van der Waals surface area contributed by atoms with Crippen molar-refractivity contribution in [1.82, 2.24) is 10.5 Å². The Morgan fingerprint density at radius 1 is 1.17 bits per heavy atom. The van der Waals surface area contributed by atoms with E-state index in [1.165, 1.54) is 18.2 Å². The molecule has 3 aromatic rings. The Morgan fingerprint density at radius 2 is 1.96 bits per heavy atom. The van der Waals surface area contributed by atoms with Gasteiger partial charge in [-0.25, -0.2) is 0 Å². The highest BCUT2D eigenvalue weighted by Gasteiger charge is 2.14. The number of phenolic OH excluding ortho intramolecular Hbond substituents is 2. The molecule has 0 aliphatic heterocycles. The molecular formula is C17H13ClN2O4. The summed E-state index contributed by atoms with van der Waals surface area (Å²) in [4.78, 5) is 12.1. The smallest absolute Gasteiger partial charge is 0.273 e. The van der Waals surface area contributed by atoms with Crippen molar-refractivity contribution in [2.24, 2.45) is 0 Å². The third kappa shape index (κ3) is 3.33. The number of rotatable bonds is 4. The molecule has 3 rings (SSSR count). The van der Waals surface area contributed by atoms with Crippen LogP contribution in [0.1, 0.15) is 16.1 Å². The van der Waals surface area contributed by atoms with E-state index in [0.717, 1.165) is 0 Å². The average Bonchev–Trinajstić information content (AvgIpc) is 3.06. The number of aromatic nitrogens is 1. The fourth-order valence-corrected chi connectivity index (χ4v) is 2.34. The number of aromatic hydroxyl groups is 2. The van der Waals surface area contributed by atoms with Crippen molar-refractivity contribution in [3.63, 3.8) is 0 Å². The zero-order valence-electron chi connectivity index (χ0n) is 12.4. The number of phenols is 2. The summed E-state index contributed by atoms with van der Waals surface area (Å²) in [5, 5.41) is 25.9. The van der Waals surface area contributed by atoms with Gasteiger partial charge in [0.2, 0.25) is 0 Å². The van der Waals surface area contributed by atoms with E-state index in [1.54, 1.807) is 30.3 Å². The fourth-order valence-electron chi connectivity index (χ4n) is 2.15. The Bertz CT molecular complexity index is 892. The van der Waals surface area contributed by atoms with E-state index in [9.17, 15) is 15.0 Å². The highest BCUT2D eigenvalue weighted by Crippen LogP contribution is 2.27. The molecule has 1 heterocycles. The molecule has 2 aromatic carbocycles. The highest BCUT2D eigenvalue weighted by atomic mass is 35.5. The molecule has 0 radical (unpaired) electrons. The van der Waals surface area contributed by atoms with Crippen LogP contribution in [-0.2, 0) is 6.54 Å². The topological polar surface area (TPSA) is 95.6 Å². The summed E-state index contributed by atoms with van der Waals surface area (Å²) >= 11 is 5.82. The van der Waals surface area contributed by atoms with E-state index >= 15 is 0 Å². The molecule has 0 fully saturated rings. The Hall–Kier alpha value is -2.99. The number of carbonyl (C=O) groups excluding carboxylic acids is 1. The maximum atomic E-state index is 12.1. The molecule has 1 amide bonds. The summed E-state index contributed by atoms with van der Waals surface area (Å²) in [5.74, 6) is -0.0717. The lowest BCUT2D eigenvalue weighted by molar-refractivity contribution is 0.0941. The summed E-state index contributed by atoms with van der Waals surface area (Å²) in [5.41, 5.74) is 1.19. The molecular weight excluding hydrogens is 332 g/mol. The molecule has 24 heavy (non-hydrogen) atoms. The molecule has 0 aliphatic rings. The van der Waals surface area contributed by atoms with Crippen molar-refractivity contribution in [2.75, 3.05) is 0 Å². The number of hydrogen-bond donors (Lipinski definition) is 3. The number of nitrogens with one attached hydrogen (secondary N) is 1. The molecule has 1 aromatic heterocycles. The van der Waals surface area contributed by atoms with Gasteiger partial charge in [0, 0.05) is 23.7 Å². The zero-order valence-corrected chi connectivity index (χ0v) is 13.1. The van der Waals surface area contributed by atoms with Gasteiger partial charge in [0.15, 0.2) is 11.5 Å². The number of nitrogens with zero attached hydrogens (tertiary/aromatic N) is 1. The Labute approximate surface area is 142 Å². The number of halogens is 1. The minimum atomic E-state index is -0.454. The van der Waals surface area contributed by atoms with Gasteiger partial charge < -0.3 is 20.1 Å². The molecule has 0 saturated carbocycles. The van der Waals surface area contributed by atoms with Crippen LogP contribution in [0.2, 0.25) is 5.02 Å². The van der Waals surface area contributed by atoms with Gasteiger partial charge in [0.25, 0.3) is 5.91 Å². The predicted molar refractivity (Wildman–Crippen MR) is 87.9 cm³/mol. The summed E-state index contributed by atoms with van der Waals surface area (Å²) in [6.07, 6.45) is 0. The SMILES string of the molecule is O=C(NCc1cccc(Cl)c1O)c1cc(-c2cccc(O)c2)on1. The van der Waals surface area contributed by atoms with Gasteiger partial charge >= 0.3 is 0 Å². The van der Waals surface area contributed by atoms with Gasteiger partial charge in [-0.1, -0.05) is 41.0 Å². The molecule has 0 atom stereocenters.